The molecule has 1 aromatic rings. The number of rotatable bonds is 4. The molecule has 0 aliphatic heterocycles. The predicted molar refractivity (Wildman–Crippen MR) is 66.3 cm³/mol. The van der Waals surface area contributed by atoms with Crippen LogP contribution in [0.2, 0.25) is 0 Å². The summed E-state index contributed by atoms with van der Waals surface area (Å²) in [5.41, 5.74) is 0.975. The van der Waals surface area contributed by atoms with E-state index in [9.17, 15) is 9.59 Å². The van der Waals surface area contributed by atoms with Crippen LogP contribution >= 0.6 is 27.7 Å². The van der Waals surface area contributed by atoms with E-state index in [1.807, 2.05) is 12.3 Å². The Bertz CT molecular complexity index is 388. The largest absolute Gasteiger partial charge is 0.298 e. The van der Waals surface area contributed by atoms with Crippen molar-refractivity contribution in [3.8, 4) is 0 Å². The molecule has 0 aliphatic rings. The van der Waals surface area contributed by atoms with Gasteiger partial charge in [-0.25, -0.2) is 0 Å². The maximum absolute atomic E-state index is 11.9. The van der Waals surface area contributed by atoms with Crippen LogP contribution in [0.4, 0.5) is 0 Å². The van der Waals surface area contributed by atoms with Crippen molar-refractivity contribution in [3.05, 3.63) is 29.3 Å². The van der Waals surface area contributed by atoms with Gasteiger partial charge >= 0.3 is 0 Å². The Morgan fingerprint density at radius 1 is 1.53 bits per heavy atom. The summed E-state index contributed by atoms with van der Waals surface area (Å²) >= 11 is 4.70. The molecule has 0 saturated carbocycles. The molecule has 0 aliphatic carbocycles. The minimum Gasteiger partial charge on any atom is -0.298 e. The predicted octanol–water partition coefficient (Wildman–Crippen LogP) is 3.19. The topological polar surface area (TPSA) is 34.1 Å². The number of hydrogen-bond acceptors (Lipinski definition) is 3. The molecule has 0 radical (unpaired) electrons. The fourth-order valence-electron chi connectivity index (χ4n) is 1.28. The molecule has 0 fully saturated rings. The number of thioether (sulfide) groups is 1. The van der Waals surface area contributed by atoms with E-state index in [0.29, 0.717) is 11.1 Å². The third-order valence-corrected chi connectivity index (χ3v) is 3.21. The van der Waals surface area contributed by atoms with Gasteiger partial charge in [0.2, 0.25) is 0 Å². The average molecular weight is 287 g/mol. The van der Waals surface area contributed by atoms with Crippen molar-refractivity contribution in [3.63, 3.8) is 0 Å². The highest BCUT2D eigenvalue weighted by Gasteiger charge is 2.19. The molecule has 0 spiro atoms. The Morgan fingerprint density at radius 2 is 2.20 bits per heavy atom. The first-order valence-corrected chi connectivity index (χ1v) is 6.56. The Morgan fingerprint density at radius 3 is 2.67 bits per heavy atom. The summed E-state index contributed by atoms with van der Waals surface area (Å²) in [6, 6.07) is 5.29. The molecular formula is C11H11BrO2S. The molecule has 80 valence electrons. The minimum atomic E-state index is -0.274. The number of alkyl halides is 1. The van der Waals surface area contributed by atoms with Crippen LogP contribution in [0.25, 0.3) is 0 Å². The molecular weight excluding hydrogens is 276 g/mol. The van der Waals surface area contributed by atoms with E-state index in [4.69, 9.17) is 0 Å². The maximum Gasteiger partial charge on any atom is 0.178 e. The second-order valence-corrected chi connectivity index (χ2v) is 5.24. The first-order valence-electron chi connectivity index (χ1n) is 4.42. The van der Waals surface area contributed by atoms with Crippen molar-refractivity contribution in [2.24, 2.45) is 0 Å². The van der Waals surface area contributed by atoms with Crippen LogP contribution in [0, 0.1) is 0 Å². The van der Waals surface area contributed by atoms with E-state index in [0.717, 1.165) is 11.2 Å². The van der Waals surface area contributed by atoms with Crippen molar-refractivity contribution < 1.29 is 9.59 Å². The highest BCUT2D eigenvalue weighted by molar-refractivity contribution is 9.10. The molecule has 0 aromatic heterocycles. The van der Waals surface area contributed by atoms with Gasteiger partial charge < -0.3 is 0 Å². The number of aldehydes is 1. The van der Waals surface area contributed by atoms with Gasteiger partial charge in [0.05, 0.1) is 4.83 Å². The van der Waals surface area contributed by atoms with Gasteiger partial charge in [0, 0.05) is 16.0 Å². The molecule has 1 aromatic carbocycles. The Hall–Kier alpha value is -0.610. The Kier molecular flexibility index (Phi) is 4.54. The first-order chi connectivity index (χ1) is 7.11. The van der Waals surface area contributed by atoms with E-state index in [1.165, 1.54) is 11.8 Å². The third-order valence-electron chi connectivity index (χ3n) is 2.01. The van der Waals surface area contributed by atoms with Crippen LogP contribution < -0.4 is 0 Å². The first kappa shape index (κ1) is 12.5. The molecule has 0 saturated heterocycles. The lowest BCUT2D eigenvalue weighted by Gasteiger charge is -2.10. The summed E-state index contributed by atoms with van der Waals surface area (Å²) in [5, 5.41) is 0. The van der Waals surface area contributed by atoms with E-state index < -0.39 is 0 Å². The van der Waals surface area contributed by atoms with Crippen LogP contribution in [0.15, 0.2) is 23.1 Å². The molecule has 1 rings (SSSR count). The molecule has 2 nitrogen and oxygen atoms in total. The van der Waals surface area contributed by atoms with Gasteiger partial charge in [0.1, 0.15) is 0 Å². The summed E-state index contributed by atoms with van der Waals surface area (Å²) in [6.07, 6.45) is 2.61. The summed E-state index contributed by atoms with van der Waals surface area (Å²) < 4.78 is 0. The van der Waals surface area contributed by atoms with Crippen molar-refractivity contribution >= 4 is 39.8 Å². The van der Waals surface area contributed by atoms with Gasteiger partial charge in [-0.05, 0) is 19.2 Å². The lowest BCUT2D eigenvalue weighted by Crippen LogP contribution is -2.13. The van der Waals surface area contributed by atoms with Gasteiger partial charge in [-0.3, -0.25) is 9.59 Å². The Balaban J connectivity index is 3.34. The number of ketones is 1. The van der Waals surface area contributed by atoms with Crippen LogP contribution in [-0.4, -0.2) is 23.2 Å². The summed E-state index contributed by atoms with van der Waals surface area (Å²) in [5.74, 6) is -0.0537. The van der Waals surface area contributed by atoms with Crippen LogP contribution in [0.3, 0.4) is 0 Å². The highest BCUT2D eigenvalue weighted by Crippen LogP contribution is 2.25. The number of halogens is 1. The second kappa shape index (κ2) is 5.47. The number of Topliss-reactive ketones (excluding diaryl/α,β-unsaturated/α-hetero) is 1. The Labute approximate surface area is 102 Å². The van der Waals surface area contributed by atoms with Gasteiger partial charge in [-0.1, -0.05) is 28.1 Å². The summed E-state index contributed by atoms with van der Waals surface area (Å²) in [7, 11) is 0. The van der Waals surface area contributed by atoms with Crippen LogP contribution in [0.5, 0.6) is 0 Å². The molecule has 15 heavy (non-hydrogen) atoms. The second-order valence-electron chi connectivity index (χ2n) is 3.02. The van der Waals surface area contributed by atoms with Gasteiger partial charge in [-0.2, -0.15) is 0 Å². The van der Waals surface area contributed by atoms with Crippen molar-refractivity contribution in [1.29, 1.82) is 0 Å². The average Bonchev–Trinajstić information content (AvgIpc) is 2.26. The molecule has 1 atom stereocenters. The van der Waals surface area contributed by atoms with Gasteiger partial charge in [-0.15, -0.1) is 11.8 Å². The van der Waals surface area contributed by atoms with Gasteiger partial charge in [0.25, 0.3) is 0 Å². The quantitative estimate of drug-likeness (QED) is 0.369. The zero-order valence-corrected chi connectivity index (χ0v) is 10.9. The smallest absolute Gasteiger partial charge is 0.178 e. The zero-order valence-electron chi connectivity index (χ0n) is 8.49. The summed E-state index contributed by atoms with van der Waals surface area (Å²) in [4.78, 5) is 23.3. The fraction of sp³-hybridized carbons (Fsp3) is 0.273. The normalized spacial score (nSPS) is 12.2. The number of benzene rings is 1. The molecule has 0 N–H and O–H groups in total. The molecule has 4 heteroatoms. The van der Waals surface area contributed by atoms with Crippen molar-refractivity contribution in [2.75, 3.05) is 6.26 Å². The number of carbonyl (C=O) groups excluding carboxylic acids is 2. The van der Waals surface area contributed by atoms with E-state index in [1.54, 1.807) is 19.1 Å². The van der Waals surface area contributed by atoms with Crippen LogP contribution in [0.1, 0.15) is 27.6 Å². The van der Waals surface area contributed by atoms with E-state index in [2.05, 4.69) is 15.9 Å². The van der Waals surface area contributed by atoms with Crippen molar-refractivity contribution in [1.82, 2.24) is 0 Å². The standard InChI is InChI=1S/C11H11BrO2S/c1-7(12)11(14)10-8(6-13)4-3-5-9(10)15-2/h3-7H,1-2H3. The number of carbonyl (C=O) groups is 2. The maximum atomic E-state index is 11.9. The number of hydrogen-bond donors (Lipinski definition) is 0. The zero-order chi connectivity index (χ0) is 11.4. The molecule has 0 heterocycles. The van der Waals surface area contributed by atoms with E-state index in [-0.39, 0.29) is 10.6 Å². The minimum absolute atomic E-state index is 0.0537. The highest BCUT2D eigenvalue weighted by atomic mass is 79.9. The third kappa shape index (κ3) is 2.69. The van der Waals surface area contributed by atoms with E-state index >= 15 is 0 Å². The SMILES string of the molecule is CSc1cccc(C=O)c1C(=O)C(C)Br. The summed E-state index contributed by atoms with van der Waals surface area (Å²) in [6.45, 7) is 1.76. The van der Waals surface area contributed by atoms with Crippen LogP contribution in [-0.2, 0) is 0 Å². The van der Waals surface area contributed by atoms with Gasteiger partial charge in [0.15, 0.2) is 12.1 Å². The fourth-order valence-corrected chi connectivity index (χ4v) is 2.15. The monoisotopic (exact) mass is 286 g/mol. The van der Waals surface area contributed by atoms with Crippen molar-refractivity contribution in [2.45, 2.75) is 16.6 Å². The molecule has 0 bridgehead atoms. The lowest BCUT2D eigenvalue weighted by atomic mass is 10.0. The lowest BCUT2D eigenvalue weighted by molar-refractivity contribution is 0.0986. The molecule has 1 unspecified atom stereocenters. The molecule has 0 amide bonds.